The zero-order chi connectivity index (χ0) is 22.6. The van der Waals surface area contributed by atoms with Crippen molar-refractivity contribution < 1.29 is 23.8 Å². The molecule has 0 aliphatic rings. The highest BCUT2D eigenvalue weighted by atomic mass is 16.5. The molecule has 1 unspecified atom stereocenters. The molecule has 0 spiro atoms. The highest BCUT2D eigenvalue weighted by Crippen LogP contribution is 2.28. The van der Waals surface area contributed by atoms with Crippen molar-refractivity contribution in [2.24, 2.45) is 11.0 Å². The summed E-state index contributed by atoms with van der Waals surface area (Å²) >= 11 is 0. The van der Waals surface area contributed by atoms with Crippen LogP contribution >= 0.6 is 0 Å². The summed E-state index contributed by atoms with van der Waals surface area (Å²) in [5, 5.41) is 6.59. The summed E-state index contributed by atoms with van der Waals surface area (Å²) in [5.41, 5.74) is 3.60. The molecule has 31 heavy (non-hydrogen) atoms. The molecule has 2 rings (SSSR count). The molecule has 0 radical (unpaired) electrons. The molecule has 0 aromatic heterocycles. The van der Waals surface area contributed by atoms with Gasteiger partial charge < -0.3 is 19.5 Å². The highest BCUT2D eigenvalue weighted by molar-refractivity contribution is 6.06. The van der Waals surface area contributed by atoms with E-state index < -0.39 is 17.7 Å². The van der Waals surface area contributed by atoms with Crippen LogP contribution in [0.4, 0.5) is 5.69 Å². The SMILES string of the molecule is C#CCOc1ccc(C=NNC(=O)C(C)C(=O)Nc2ccc(OC)cc2)cc1OCC. The Bertz CT molecular complexity index is 964. The Hall–Kier alpha value is -3.99. The monoisotopic (exact) mass is 423 g/mol. The topological polar surface area (TPSA) is 98.2 Å². The molecule has 2 aromatic carbocycles. The number of anilines is 1. The minimum absolute atomic E-state index is 0.125. The zero-order valence-electron chi connectivity index (χ0n) is 17.7. The fourth-order valence-electron chi connectivity index (χ4n) is 2.42. The lowest BCUT2D eigenvalue weighted by Crippen LogP contribution is -2.34. The second kappa shape index (κ2) is 11.9. The molecule has 162 valence electrons. The van der Waals surface area contributed by atoms with Crippen LogP contribution in [0.1, 0.15) is 19.4 Å². The number of hydrogen-bond acceptors (Lipinski definition) is 6. The molecule has 2 amide bonds. The lowest BCUT2D eigenvalue weighted by Gasteiger charge is -2.11. The van der Waals surface area contributed by atoms with Gasteiger partial charge in [0.15, 0.2) is 11.5 Å². The van der Waals surface area contributed by atoms with Crippen molar-refractivity contribution in [1.82, 2.24) is 5.43 Å². The molecule has 0 heterocycles. The summed E-state index contributed by atoms with van der Waals surface area (Å²) in [6.07, 6.45) is 6.66. The van der Waals surface area contributed by atoms with E-state index in [1.165, 1.54) is 13.1 Å². The number of ether oxygens (including phenoxy) is 3. The van der Waals surface area contributed by atoms with Crippen LogP contribution in [0.3, 0.4) is 0 Å². The number of carbonyl (C=O) groups excluding carboxylic acids is 2. The molecule has 1 atom stereocenters. The maximum absolute atomic E-state index is 12.3. The molecule has 0 aliphatic carbocycles. The largest absolute Gasteiger partial charge is 0.497 e. The van der Waals surface area contributed by atoms with E-state index in [-0.39, 0.29) is 6.61 Å². The zero-order valence-corrected chi connectivity index (χ0v) is 17.7. The van der Waals surface area contributed by atoms with Crippen LogP contribution in [0.15, 0.2) is 47.6 Å². The summed E-state index contributed by atoms with van der Waals surface area (Å²) in [4.78, 5) is 24.5. The summed E-state index contributed by atoms with van der Waals surface area (Å²) < 4.78 is 16.0. The first-order valence-corrected chi connectivity index (χ1v) is 9.59. The number of terminal acetylenes is 1. The van der Waals surface area contributed by atoms with Crippen LogP contribution in [0.25, 0.3) is 0 Å². The maximum Gasteiger partial charge on any atom is 0.252 e. The third kappa shape index (κ3) is 7.08. The third-order valence-electron chi connectivity index (χ3n) is 4.11. The van der Waals surface area contributed by atoms with Gasteiger partial charge in [0, 0.05) is 5.69 Å². The van der Waals surface area contributed by atoms with Crippen molar-refractivity contribution in [1.29, 1.82) is 0 Å². The first-order valence-electron chi connectivity index (χ1n) is 9.59. The number of carbonyl (C=O) groups is 2. The van der Waals surface area contributed by atoms with Gasteiger partial charge in [-0.15, -0.1) is 6.42 Å². The number of nitrogens with zero attached hydrogens (tertiary/aromatic N) is 1. The average molecular weight is 423 g/mol. The van der Waals surface area contributed by atoms with Crippen LogP contribution in [0.5, 0.6) is 17.2 Å². The molecule has 8 nitrogen and oxygen atoms in total. The fourth-order valence-corrected chi connectivity index (χ4v) is 2.42. The number of methoxy groups -OCH3 is 1. The van der Waals surface area contributed by atoms with E-state index in [9.17, 15) is 9.59 Å². The van der Waals surface area contributed by atoms with Crippen LogP contribution in [-0.4, -0.2) is 38.4 Å². The summed E-state index contributed by atoms with van der Waals surface area (Å²) in [6.45, 7) is 3.92. The van der Waals surface area contributed by atoms with Crippen molar-refractivity contribution in [3.05, 3.63) is 48.0 Å². The van der Waals surface area contributed by atoms with E-state index in [2.05, 4.69) is 21.8 Å². The number of rotatable bonds is 10. The molecule has 0 fully saturated rings. The van der Waals surface area contributed by atoms with E-state index in [4.69, 9.17) is 20.6 Å². The number of nitrogens with one attached hydrogen (secondary N) is 2. The van der Waals surface area contributed by atoms with Gasteiger partial charge in [-0.2, -0.15) is 5.10 Å². The Morgan fingerprint density at radius 2 is 1.87 bits per heavy atom. The molecule has 0 saturated carbocycles. The Morgan fingerprint density at radius 3 is 2.52 bits per heavy atom. The molecular formula is C23H25N3O5. The highest BCUT2D eigenvalue weighted by Gasteiger charge is 2.21. The average Bonchev–Trinajstić information content (AvgIpc) is 2.78. The standard InChI is InChI=1S/C23H25N3O5/c1-5-13-31-20-12-7-17(14-21(20)30-6-2)15-24-26-23(28)16(3)22(27)25-18-8-10-19(29-4)11-9-18/h1,7-12,14-16H,6,13H2,2-4H3,(H,25,27)(H,26,28). The Labute approximate surface area is 181 Å². The van der Waals surface area contributed by atoms with Crippen LogP contribution < -0.4 is 25.0 Å². The fraction of sp³-hybridized carbons (Fsp3) is 0.261. The third-order valence-corrected chi connectivity index (χ3v) is 4.11. The van der Waals surface area contributed by atoms with Gasteiger partial charge in [-0.3, -0.25) is 9.59 Å². The quantitative estimate of drug-likeness (QED) is 0.265. The second-order valence-corrected chi connectivity index (χ2v) is 6.31. The summed E-state index contributed by atoms with van der Waals surface area (Å²) in [7, 11) is 1.56. The van der Waals surface area contributed by atoms with Gasteiger partial charge in [0.25, 0.3) is 5.91 Å². The van der Waals surface area contributed by atoms with E-state index in [0.717, 1.165) is 0 Å². The van der Waals surface area contributed by atoms with Crippen LogP contribution in [-0.2, 0) is 9.59 Å². The molecule has 0 bridgehead atoms. The van der Waals surface area contributed by atoms with Gasteiger partial charge in [-0.05, 0) is 61.9 Å². The molecule has 8 heteroatoms. The van der Waals surface area contributed by atoms with Gasteiger partial charge >= 0.3 is 0 Å². The molecule has 2 N–H and O–H groups in total. The predicted molar refractivity (Wildman–Crippen MR) is 118 cm³/mol. The van der Waals surface area contributed by atoms with Gasteiger partial charge in [0.1, 0.15) is 18.3 Å². The maximum atomic E-state index is 12.3. The minimum atomic E-state index is -0.947. The van der Waals surface area contributed by atoms with Crippen LogP contribution in [0.2, 0.25) is 0 Å². The second-order valence-electron chi connectivity index (χ2n) is 6.31. The molecule has 2 aromatic rings. The van der Waals surface area contributed by atoms with Crippen LogP contribution in [0, 0.1) is 18.3 Å². The van der Waals surface area contributed by atoms with E-state index >= 15 is 0 Å². The molecule has 0 saturated heterocycles. The van der Waals surface area contributed by atoms with Crippen molar-refractivity contribution >= 4 is 23.7 Å². The Morgan fingerprint density at radius 1 is 1.13 bits per heavy atom. The minimum Gasteiger partial charge on any atom is -0.497 e. The van der Waals surface area contributed by atoms with E-state index in [1.807, 2.05) is 6.92 Å². The van der Waals surface area contributed by atoms with E-state index in [1.54, 1.807) is 49.6 Å². The number of amides is 2. The van der Waals surface area contributed by atoms with Crippen molar-refractivity contribution in [3.8, 4) is 29.6 Å². The number of hydrogen-bond donors (Lipinski definition) is 2. The summed E-state index contributed by atoms with van der Waals surface area (Å²) in [5.74, 6) is 2.16. The number of hydrazone groups is 1. The lowest BCUT2D eigenvalue weighted by atomic mass is 10.1. The molecular weight excluding hydrogens is 398 g/mol. The smallest absolute Gasteiger partial charge is 0.252 e. The van der Waals surface area contributed by atoms with Crippen molar-refractivity contribution in [2.45, 2.75) is 13.8 Å². The van der Waals surface area contributed by atoms with Crippen molar-refractivity contribution in [3.63, 3.8) is 0 Å². The van der Waals surface area contributed by atoms with Crippen molar-refractivity contribution in [2.75, 3.05) is 25.6 Å². The first kappa shape index (κ1) is 23.3. The number of benzene rings is 2. The summed E-state index contributed by atoms with van der Waals surface area (Å²) in [6, 6.07) is 12.0. The normalized spacial score (nSPS) is 11.3. The van der Waals surface area contributed by atoms with Gasteiger partial charge in [0.05, 0.1) is 19.9 Å². The van der Waals surface area contributed by atoms with Gasteiger partial charge in [0.2, 0.25) is 5.91 Å². The van der Waals surface area contributed by atoms with Gasteiger partial charge in [-0.1, -0.05) is 5.92 Å². The Balaban J connectivity index is 1.94. The van der Waals surface area contributed by atoms with E-state index in [0.29, 0.717) is 35.1 Å². The first-order chi connectivity index (χ1) is 15.0. The predicted octanol–water partition coefficient (Wildman–Crippen LogP) is 2.83. The lowest BCUT2D eigenvalue weighted by molar-refractivity contribution is -0.131. The van der Waals surface area contributed by atoms with Gasteiger partial charge in [-0.25, -0.2) is 5.43 Å². The Kier molecular flexibility index (Phi) is 8.92. The molecule has 0 aliphatic heterocycles.